The summed E-state index contributed by atoms with van der Waals surface area (Å²) in [5.74, 6) is 0.474. The molecule has 0 unspecified atom stereocenters. The van der Waals surface area contributed by atoms with Crippen LogP contribution in [0.1, 0.15) is 57.7 Å². The van der Waals surface area contributed by atoms with E-state index in [1.165, 1.54) is 6.26 Å². The summed E-state index contributed by atoms with van der Waals surface area (Å²) in [5, 5.41) is 2.97. The highest BCUT2D eigenvalue weighted by Crippen LogP contribution is 2.45. The van der Waals surface area contributed by atoms with Gasteiger partial charge in [-0.25, -0.2) is 0 Å². The fraction of sp³-hybridized carbons (Fsp3) is 0.381. The van der Waals surface area contributed by atoms with Crippen molar-refractivity contribution >= 4 is 23.3 Å². The van der Waals surface area contributed by atoms with Gasteiger partial charge in [0.1, 0.15) is 12.0 Å². The van der Waals surface area contributed by atoms with Gasteiger partial charge in [0.15, 0.2) is 5.78 Å². The first-order valence-electron chi connectivity index (χ1n) is 9.44. The zero-order chi connectivity index (χ0) is 18.6. The predicted molar refractivity (Wildman–Crippen MR) is 97.9 cm³/mol. The molecule has 1 aromatic carbocycles. The molecule has 3 aliphatic rings. The second kappa shape index (κ2) is 5.81. The number of rotatable bonds is 1. The van der Waals surface area contributed by atoms with Gasteiger partial charge in [-0.1, -0.05) is 18.2 Å². The van der Waals surface area contributed by atoms with Crippen LogP contribution in [0.4, 0.5) is 5.69 Å². The Balaban J connectivity index is 1.39. The molecule has 1 spiro atoms. The number of amides is 2. The van der Waals surface area contributed by atoms with Crippen LogP contribution in [-0.4, -0.2) is 35.6 Å². The molecule has 2 aliphatic heterocycles. The number of likely N-dealkylation sites (tertiary alicyclic amines) is 1. The molecule has 1 aromatic heterocycles. The van der Waals surface area contributed by atoms with E-state index < -0.39 is 5.41 Å². The van der Waals surface area contributed by atoms with Crippen LogP contribution in [0.3, 0.4) is 0 Å². The van der Waals surface area contributed by atoms with Gasteiger partial charge in [-0.2, -0.15) is 0 Å². The Bertz CT molecular complexity index is 966. The van der Waals surface area contributed by atoms with Crippen molar-refractivity contribution in [2.24, 2.45) is 0 Å². The first-order chi connectivity index (χ1) is 13.1. The van der Waals surface area contributed by atoms with Gasteiger partial charge in [0, 0.05) is 31.6 Å². The first-order valence-corrected chi connectivity index (χ1v) is 9.44. The molecule has 0 bridgehead atoms. The van der Waals surface area contributed by atoms with Gasteiger partial charge in [-0.3, -0.25) is 14.4 Å². The van der Waals surface area contributed by atoms with Crippen LogP contribution in [0.15, 0.2) is 34.9 Å². The minimum atomic E-state index is -0.557. The van der Waals surface area contributed by atoms with Gasteiger partial charge in [0.25, 0.3) is 5.91 Å². The van der Waals surface area contributed by atoms with Crippen LogP contribution >= 0.6 is 0 Å². The van der Waals surface area contributed by atoms with Gasteiger partial charge in [-0.05, 0) is 30.9 Å². The molecule has 5 rings (SSSR count). The van der Waals surface area contributed by atoms with E-state index in [9.17, 15) is 14.4 Å². The topological polar surface area (TPSA) is 79.6 Å². The van der Waals surface area contributed by atoms with Crippen molar-refractivity contribution in [3.63, 3.8) is 0 Å². The maximum absolute atomic E-state index is 13.0. The number of fused-ring (bicyclic) bond motifs is 3. The summed E-state index contributed by atoms with van der Waals surface area (Å²) in [6.45, 7) is 0.962. The molecule has 1 fully saturated rings. The quantitative estimate of drug-likeness (QED) is 0.844. The minimum Gasteiger partial charge on any atom is -0.468 e. The Morgan fingerprint density at radius 2 is 1.89 bits per heavy atom. The van der Waals surface area contributed by atoms with E-state index in [1.54, 1.807) is 4.90 Å². The van der Waals surface area contributed by atoms with E-state index in [4.69, 9.17) is 4.42 Å². The fourth-order valence-corrected chi connectivity index (χ4v) is 4.71. The Kier molecular flexibility index (Phi) is 3.50. The number of anilines is 1. The highest BCUT2D eigenvalue weighted by molar-refractivity contribution is 6.09. The Hall–Kier alpha value is -2.89. The normalized spacial score (nSPS) is 20.4. The summed E-state index contributed by atoms with van der Waals surface area (Å²) in [6, 6.07) is 7.77. The molecule has 3 heterocycles. The summed E-state index contributed by atoms with van der Waals surface area (Å²) in [5.41, 5.74) is 2.19. The van der Waals surface area contributed by atoms with Crippen molar-refractivity contribution < 1.29 is 18.8 Å². The van der Waals surface area contributed by atoms with Gasteiger partial charge in [-0.15, -0.1) is 0 Å². The first kappa shape index (κ1) is 16.3. The average Bonchev–Trinajstić information content (AvgIpc) is 3.23. The van der Waals surface area contributed by atoms with E-state index in [-0.39, 0.29) is 17.6 Å². The van der Waals surface area contributed by atoms with Crippen molar-refractivity contribution in [2.75, 3.05) is 18.4 Å². The van der Waals surface area contributed by atoms with Crippen LogP contribution in [-0.2, 0) is 16.6 Å². The monoisotopic (exact) mass is 364 g/mol. The number of carbonyl (C=O) groups excluding carboxylic acids is 3. The molecule has 6 heteroatoms. The lowest BCUT2D eigenvalue weighted by Gasteiger charge is -2.38. The zero-order valence-electron chi connectivity index (χ0n) is 14.9. The lowest BCUT2D eigenvalue weighted by Crippen LogP contribution is -2.48. The standard InChI is InChI=1S/C21H20N2O4/c24-16-6-3-7-17-18(16)13(12-27-17)19(25)23-10-8-21(9-11-23)14-4-1-2-5-15(14)22-20(21)26/h1-2,4-5,12H,3,6-11H2,(H,22,26). The molecule has 1 aliphatic carbocycles. The fourth-order valence-electron chi connectivity index (χ4n) is 4.71. The molecule has 6 nitrogen and oxygen atoms in total. The molecule has 0 saturated carbocycles. The summed E-state index contributed by atoms with van der Waals surface area (Å²) >= 11 is 0. The van der Waals surface area contributed by atoms with E-state index in [1.807, 2.05) is 24.3 Å². The molecule has 0 atom stereocenters. The number of Topliss-reactive ketones (excluding diaryl/α,β-unsaturated/α-hetero) is 1. The minimum absolute atomic E-state index is 0.00840. The lowest BCUT2D eigenvalue weighted by atomic mass is 9.73. The maximum Gasteiger partial charge on any atom is 0.257 e. The number of nitrogens with one attached hydrogen (secondary N) is 1. The third-order valence-electron chi connectivity index (χ3n) is 6.21. The molecular weight excluding hydrogens is 344 g/mol. The molecule has 27 heavy (non-hydrogen) atoms. The van der Waals surface area contributed by atoms with E-state index >= 15 is 0 Å². The number of hydrogen-bond acceptors (Lipinski definition) is 4. The molecule has 1 saturated heterocycles. The Labute approximate surface area is 156 Å². The second-order valence-corrected chi connectivity index (χ2v) is 7.60. The number of carbonyl (C=O) groups is 3. The van der Waals surface area contributed by atoms with Crippen molar-refractivity contribution in [2.45, 2.75) is 37.5 Å². The van der Waals surface area contributed by atoms with Crippen molar-refractivity contribution in [3.8, 4) is 0 Å². The maximum atomic E-state index is 13.0. The predicted octanol–water partition coefficient (Wildman–Crippen LogP) is 2.92. The molecule has 2 amide bonds. The number of benzene rings is 1. The lowest BCUT2D eigenvalue weighted by molar-refractivity contribution is -0.122. The number of hydrogen-bond donors (Lipinski definition) is 1. The Morgan fingerprint density at radius 3 is 2.70 bits per heavy atom. The molecule has 2 aromatic rings. The molecular formula is C21H20N2O4. The van der Waals surface area contributed by atoms with Crippen LogP contribution in [0.2, 0.25) is 0 Å². The van der Waals surface area contributed by atoms with E-state index in [0.29, 0.717) is 55.7 Å². The number of ketones is 1. The average molecular weight is 364 g/mol. The van der Waals surface area contributed by atoms with Crippen LogP contribution in [0.25, 0.3) is 0 Å². The molecule has 1 N–H and O–H groups in total. The van der Waals surface area contributed by atoms with Crippen molar-refractivity contribution in [1.82, 2.24) is 4.90 Å². The number of furan rings is 1. The largest absolute Gasteiger partial charge is 0.468 e. The number of aryl methyl sites for hydroxylation is 1. The Morgan fingerprint density at radius 1 is 1.11 bits per heavy atom. The van der Waals surface area contributed by atoms with Crippen LogP contribution in [0.5, 0.6) is 0 Å². The summed E-state index contributed by atoms with van der Waals surface area (Å²) in [7, 11) is 0. The number of nitrogens with zero attached hydrogens (tertiary/aromatic N) is 1. The number of para-hydroxylation sites is 1. The van der Waals surface area contributed by atoms with Crippen molar-refractivity contribution in [1.29, 1.82) is 0 Å². The SMILES string of the molecule is O=C1CCCc2occ(C(=O)N3CCC4(CC3)C(=O)Nc3ccccc34)c21. The molecule has 138 valence electrons. The summed E-state index contributed by atoms with van der Waals surface area (Å²) in [6.07, 6.45) is 4.53. The van der Waals surface area contributed by atoms with E-state index in [0.717, 1.165) is 17.7 Å². The van der Waals surface area contributed by atoms with Gasteiger partial charge < -0.3 is 14.6 Å². The van der Waals surface area contributed by atoms with Gasteiger partial charge in [0.05, 0.1) is 16.5 Å². The van der Waals surface area contributed by atoms with Crippen LogP contribution < -0.4 is 5.32 Å². The molecule has 0 radical (unpaired) electrons. The van der Waals surface area contributed by atoms with E-state index in [2.05, 4.69) is 5.32 Å². The van der Waals surface area contributed by atoms with Crippen molar-refractivity contribution in [3.05, 3.63) is 53.0 Å². The smallest absolute Gasteiger partial charge is 0.257 e. The van der Waals surface area contributed by atoms with Gasteiger partial charge in [0.2, 0.25) is 5.91 Å². The third-order valence-corrected chi connectivity index (χ3v) is 6.21. The summed E-state index contributed by atoms with van der Waals surface area (Å²) < 4.78 is 5.49. The third kappa shape index (κ3) is 2.29. The second-order valence-electron chi connectivity index (χ2n) is 7.60. The number of piperidine rings is 1. The van der Waals surface area contributed by atoms with Crippen LogP contribution in [0, 0.1) is 0 Å². The zero-order valence-corrected chi connectivity index (χ0v) is 14.9. The highest BCUT2D eigenvalue weighted by Gasteiger charge is 2.49. The summed E-state index contributed by atoms with van der Waals surface area (Å²) in [4.78, 5) is 39.7. The van der Waals surface area contributed by atoms with Gasteiger partial charge >= 0.3 is 0 Å². The highest BCUT2D eigenvalue weighted by atomic mass is 16.3.